The molecule has 0 aliphatic carbocycles. The lowest BCUT2D eigenvalue weighted by Crippen LogP contribution is -3.11. The number of anilines is 2. The van der Waals surface area contributed by atoms with Crippen molar-refractivity contribution in [3.8, 4) is 0 Å². The molecule has 0 heterocycles. The van der Waals surface area contributed by atoms with Gasteiger partial charge in [-0.1, -0.05) is 23.2 Å². The Morgan fingerprint density at radius 3 is 2.04 bits per heavy atom. The number of benzene rings is 2. The van der Waals surface area contributed by atoms with E-state index in [9.17, 15) is 14.0 Å². The highest BCUT2D eigenvalue weighted by Gasteiger charge is 2.15. The first-order valence-electron chi connectivity index (χ1n) is 7.45. The molecule has 25 heavy (non-hydrogen) atoms. The van der Waals surface area contributed by atoms with E-state index in [0.29, 0.717) is 21.3 Å². The summed E-state index contributed by atoms with van der Waals surface area (Å²) in [6.07, 6.45) is 0. The average molecular weight is 385 g/mol. The van der Waals surface area contributed by atoms with Gasteiger partial charge in [0, 0.05) is 16.4 Å². The molecule has 1 atom stereocenters. The van der Waals surface area contributed by atoms with Gasteiger partial charge in [-0.05, 0) is 42.5 Å². The highest BCUT2D eigenvalue weighted by Crippen LogP contribution is 2.19. The minimum Gasteiger partial charge on any atom is -0.322 e. The predicted octanol–water partition coefficient (Wildman–Crippen LogP) is 2.22. The molecule has 0 saturated carbocycles. The van der Waals surface area contributed by atoms with E-state index in [1.54, 1.807) is 31.3 Å². The number of halogens is 3. The van der Waals surface area contributed by atoms with Gasteiger partial charge in [-0.15, -0.1) is 0 Å². The number of carbonyl (C=O) groups excluding carboxylic acids is 2. The summed E-state index contributed by atoms with van der Waals surface area (Å²) in [5.41, 5.74) is 1.03. The number of amides is 2. The first-order chi connectivity index (χ1) is 11.8. The lowest BCUT2D eigenvalue weighted by atomic mass is 10.3. The summed E-state index contributed by atoms with van der Waals surface area (Å²) in [5.74, 6) is -1.09. The molecule has 2 amide bonds. The van der Waals surface area contributed by atoms with E-state index in [0.717, 1.165) is 0 Å². The molecule has 3 N–H and O–H groups in total. The molecule has 5 nitrogen and oxygen atoms in total. The van der Waals surface area contributed by atoms with Crippen LogP contribution in [0.5, 0.6) is 0 Å². The first kappa shape index (κ1) is 19.2. The van der Waals surface area contributed by atoms with Crippen LogP contribution >= 0.6 is 23.2 Å². The van der Waals surface area contributed by atoms with Gasteiger partial charge in [0.15, 0.2) is 13.1 Å². The molecule has 0 aliphatic rings. The maximum Gasteiger partial charge on any atom is 0.279 e. The minimum absolute atomic E-state index is 0.0687. The minimum atomic E-state index is -0.554. The summed E-state index contributed by atoms with van der Waals surface area (Å²) in [5, 5.41) is 5.85. The van der Waals surface area contributed by atoms with Gasteiger partial charge >= 0.3 is 0 Å². The van der Waals surface area contributed by atoms with Crippen molar-refractivity contribution < 1.29 is 18.9 Å². The van der Waals surface area contributed by atoms with Crippen LogP contribution in [0.1, 0.15) is 0 Å². The van der Waals surface area contributed by atoms with Crippen LogP contribution in [0.3, 0.4) is 0 Å². The second-order valence-corrected chi connectivity index (χ2v) is 6.39. The fourth-order valence-electron chi connectivity index (χ4n) is 2.13. The summed E-state index contributed by atoms with van der Waals surface area (Å²) >= 11 is 11.5. The molecule has 132 valence electrons. The molecule has 8 heteroatoms. The van der Waals surface area contributed by atoms with Gasteiger partial charge in [-0.3, -0.25) is 9.59 Å². The van der Waals surface area contributed by atoms with E-state index in [-0.39, 0.29) is 29.9 Å². The van der Waals surface area contributed by atoms with E-state index < -0.39 is 5.82 Å². The van der Waals surface area contributed by atoms with Crippen molar-refractivity contribution >= 4 is 46.4 Å². The van der Waals surface area contributed by atoms with Crippen molar-refractivity contribution in [2.75, 3.05) is 30.8 Å². The Morgan fingerprint density at radius 1 is 0.960 bits per heavy atom. The third-order valence-electron chi connectivity index (χ3n) is 3.26. The second kappa shape index (κ2) is 8.80. The Kier molecular flexibility index (Phi) is 6.75. The van der Waals surface area contributed by atoms with Crippen molar-refractivity contribution in [2.24, 2.45) is 0 Å². The second-order valence-electron chi connectivity index (χ2n) is 5.54. The van der Waals surface area contributed by atoms with Gasteiger partial charge < -0.3 is 15.5 Å². The topological polar surface area (TPSA) is 62.6 Å². The fourth-order valence-corrected chi connectivity index (χ4v) is 2.43. The van der Waals surface area contributed by atoms with Crippen LogP contribution in [0.25, 0.3) is 0 Å². The van der Waals surface area contributed by atoms with E-state index in [1.165, 1.54) is 18.2 Å². The molecule has 2 aromatic carbocycles. The van der Waals surface area contributed by atoms with Crippen molar-refractivity contribution in [1.82, 2.24) is 0 Å². The van der Waals surface area contributed by atoms with E-state index in [2.05, 4.69) is 10.6 Å². The summed E-state index contributed by atoms with van der Waals surface area (Å²) in [4.78, 5) is 24.6. The van der Waals surface area contributed by atoms with Crippen LogP contribution in [0.2, 0.25) is 10.0 Å². The number of rotatable bonds is 6. The van der Waals surface area contributed by atoms with Gasteiger partial charge in [-0.2, -0.15) is 0 Å². The molecule has 0 bridgehead atoms. The number of quaternary nitrogens is 1. The molecule has 0 spiro atoms. The number of hydrogen-bond acceptors (Lipinski definition) is 2. The molecule has 0 fully saturated rings. The zero-order valence-corrected chi connectivity index (χ0v) is 14.9. The van der Waals surface area contributed by atoms with Gasteiger partial charge in [0.1, 0.15) is 5.82 Å². The highest BCUT2D eigenvalue weighted by molar-refractivity contribution is 6.31. The Labute approximate surface area is 154 Å². The lowest BCUT2D eigenvalue weighted by Gasteiger charge is -2.14. The molecule has 0 aromatic heterocycles. The lowest BCUT2D eigenvalue weighted by molar-refractivity contribution is -0.862. The van der Waals surface area contributed by atoms with Crippen molar-refractivity contribution in [2.45, 2.75) is 0 Å². The molecule has 2 aromatic rings. The Morgan fingerprint density at radius 2 is 1.48 bits per heavy atom. The van der Waals surface area contributed by atoms with E-state index in [1.807, 2.05) is 0 Å². The van der Waals surface area contributed by atoms with E-state index in [4.69, 9.17) is 23.2 Å². The summed E-state index contributed by atoms with van der Waals surface area (Å²) in [7, 11) is 1.72. The molecule has 2 rings (SSSR count). The third-order valence-corrected chi connectivity index (χ3v) is 3.80. The van der Waals surface area contributed by atoms with Crippen molar-refractivity contribution in [3.63, 3.8) is 0 Å². The Bertz CT molecular complexity index is 769. The number of likely N-dealkylation sites (N-methyl/N-ethyl adjacent to an activating group) is 1. The first-order valence-corrected chi connectivity index (χ1v) is 8.20. The van der Waals surface area contributed by atoms with Crippen LogP contribution in [0.4, 0.5) is 15.8 Å². The van der Waals surface area contributed by atoms with Crippen molar-refractivity contribution in [1.29, 1.82) is 0 Å². The van der Waals surface area contributed by atoms with Gasteiger partial charge in [0.05, 0.1) is 12.1 Å². The van der Waals surface area contributed by atoms with Gasteiger partial charge in [0.2, 0.25) is 0 Å². The molecular weight excluding hydrogens is 368 g/mol. The third kappa shape index (κ3) is 6.34. The maximum absolute atomic E-state index is 13.1. The number of nitrogens with one attached hydrogen (secondary N) is 3. The smallest absolute Gasteiger partial charge is 0.279 e. The standard InChI is InChI=1S/C17H16Cl2FN3O2/c1-23(9-16(24)21-12-4-2-11(18)3-5-12)10-17(25)22-13-6-7-15(20)14(19)8-13/h2-8H,9-10H2,1H3,(H,21,24)(H,22,25)/p+1. The zero-order chi connectivity index (χ0) is 18.4. The molecule has 1 unspecified atom stereocenters. The van der Waals surface area contributed by atoms with Crippen LogP contribution < -0.4 is 15.5 Å². The van der Waals surface area contributed by atoms with Crippen LogP contribution in [-0.4, -0.2) is 32.0 Å². The highest BCUT2D eigenvalue weighted by atomic mass is 35.5. The van der Waals surface area contributed by atoms with Crippen LogP contribution in [0.15, 0.2) is 42.5 Å². The molecule has 0 radical (unpaired) electrons. The van der Waals surface area contributed by atoms with E-state index >= 15 is 0 Å². The number of carbonyl (C=O) groups is 2. The normalized spacial score (nSPS) is 11.7. The monoisotopic (exact) mass is 384 g/mol. The number of hydrogen-bond donors (Lipinski definition) is 3. The Hall–Kier alpha value is -2.15. The van der Waals surface area contributed by atoms with Gasteiger partial charge in [0.25, 0.3) is 11.8 Å². The summed E-state index contributed by atoms with van der Waals surface area (Å²) in [6, 6.07) is 10.7. The maximum atomic E-state index is 13.1. The quantitative estimate of drug-likeness (QED) is 0.714. The van der Waals surface area contributed by atoms with Crippen LogP contribution in [-0.2, 0) is 9.59 Å². The zero-order valence-electron chi connectivity index (χ0n) is 13.4. The molecular formula is C17H17Cl2FN3O2+. The van der Waals surface area contributed by atoms with Crippen molar-refractivity contribution in [3.05, 3.63) is 58.3 Å². The summed E-state index contributed by atoms with van der Waals surface area (Å²) < 4.78 is 13.1. The van der Waals surface area contributed by atoms with Crippen LogP contribution in [0, 0.1) is 5.82 Å². The predicted molar refractivity (Wildman–Crippen MR) is 96.7 cm³/mol. The average Bonchev–Trinajstić information content (AvgIpc) is 2.52. The Balaban J connectivity index is 1.81. The summed E-state index contributed by atoms with van der Waals surface area (Å²) in [6.45, 7) is 0.184. The largest absolute Gasteiger partial charge is 0.322 e. The molecule has 0 aliphatic heterocycles. The SMILES string of the molecule is C[NH+](CC(=O)Nc1ccc(Cl)cc1)CC(=O)Nc1ccc(F)c(Cl)c1. The fraction of sp³-hybridized carbons (Fsp3) is 0.176. The van der Waals surface area contributed by atoms with Gasteiger partial charge in [-0.25, -0.2) is 4.39 Å². The molecule has 0 saturated heterocycles.